The first kappa shape index (κ1) is 18.2. The molecule has 0 aliphatic carbocycles. The number of piperazine rings is 1. The lowest BCUT2D eigenvalue weighted by Gasteiger charge is -2.36. The van der Waals surface area contributed by atoms with Gasteiger partial charge in [-0.05, 0) is 30.8 Å². The second kappa shape index (κ2) is 8.22. The third-order valence-electron chi connectivity index (χ3n) is 5.02. The maximum absolute atomic E-state index is 12.7. The van der Waals surface area contributed by atoms with Gasteiger partial charge >= 0.3 is 0 Å². The van der Waals surface area contributed by atoms with Gasteiger partial charge in [-0.15, -0.1) is 5.10 Å². The van der Waals surface area contributed by atoms with Crippen LogP contribution in [-0.4, -0.2) is 58.5 Å². The molecule has 1 amide bonds. The van der Waals surface area contributed by atoms with Crippen LogP contribution in [0.4, 0.5) is 11.4 Å². The highest BCUT2D eigenvalue weighted by atomic mass is 16.2. The number of hydrogen-bond acceptors (Lipinski definition) is 5. The lowest BCUT2D eigenvalue weighted by Crippen LogP contribution is -2.46. The van der Waals surface area contributed by atoms with Crippen LogP contribution in [0.1, 0.15) is 17.4 Å². The molecule has 144 valence electrons. The van der Waals surface area contributed by atoms with Crippen LogP contribution < -0.4 is 10.2 Å². The summed E-state index contributed by atoms with van der Waals surface area (Å²) in [4.78, 5) is 19.0. The van der Waals surface area contributed by atoms with Crippen molar-refractivity contribution in [1.29, 1.82) is 0 Å². The first-order chi connectivity index (χ1) is 13.7. The molecular weight excluding hydrogens is 352 g/mol. The fourth-order valence-corrected chi connectivity index (χ4v) is 3.40. The molecule has 1 aliphatic rings. The van der Waals surface area contributed by atoms with Crippen molar-refractivity contribution in [3.8, 4) is 5.69 Å². The van der Waals surface area contributed by atoms with Gasteiger partial charge < -0.3 is 15.1 Å². The summed E-state index contributed by atoms with van der Waals surface area (Å²) in [6, 6.07) is 17.5. The molecule has 2 aromatic carbocycles. The standard InChI is InChI=1S/C21H24N6O/c1-2-25-12-14-26(15-13-25)20-11-7-6-10-18(20)23-21(28)19-16-22-27(24-19)17-8-4-3-5-9-17/h3-11,16H,2,12-15H2,1H3,(H,23,28). The number of hydrogen-bond donors (Lipinski definition) is 1. The molecule has 28 heavy (non-hydrogen) atoms. The highest BCUT2D eigenvalue weighted by molar-refractivity contribution is 6.04. The fourth-order valence-electron chi connectivity index (χ4n) is 3.40. The van der Waals surface area contributed by atoms with Crippen LogP contribution >= 0.6 is 0 Å². The minimum absolute atomic E-state index is 0.262. The molecule has 7 heteroatoms. The Morgan fingerprint density at radius 2 is 1.71 bits per heavy atom. The first-order valence-electron chi connectivity index (χ1n) is 9.60. The van der Waals surface area contributed by atoms with Crippen molar-refractivity contribution in [1.82, 2.24) is 19.9 Å². The topological polar surface area (TPSA) is 66.3 Å². The van der Waals surface area contributed by atoms with Crippen molar-refractivity contribution in [3.63, 3.8) is 0 Å². The van der Waals surface area contributed by atoms with E-state index >= 15 is 0 Å². The average Bonchev–Trinajstić information content (AvgIpc) is 3.25. The van der Waals surface area contributed by atoms with Crippen molar-refractivity contribution in [2.45, 2.75) is 6.92 Å². The monoisotopic (exact) mass is 376 g/mol. The van der Waals surface area contributed by atoms with Gasteiger partial charge in [0.15, 0.2) is 5.69 Å². The zero-order valence-electron chi connectivity index (χ0n) is 16.0. The summed E-state index contributed by atoms with van der Waals surface area (Å²) in [6.45, 7) is 7.22. The van der Waals surface area contributed by atoms with E-state index in [2.05, 4.69) is 38.3 Å². The minimum atomic E-state index is -0.262. The van der Waals surface area contributed by atoms with Gasteiger partial charge in [-0.3, -0.25) is 4.79 Å². The lowest BCUT2D eigenvalue weighted by molar-refractivity contribution is 0.102. The molecule has 1 aliphatic heterocycles. The van der Waals surface area contributed by atoms with Gasteiger partial charge in [0.05, 0.1) is 23.3 Å². The molecule has 2 heterocycles. The van der Waals surface area contributed by atoms with Gasteiger partial charge in [0, 0.05) is 26.2 Å². The molecule has 1 aromatic heterocycles. The number of nitrogens with one attached hydrogen (secondary N) is 1. The Morgan fingerprint density at radius 3 is 2.46 bits per heavy atom. The number of rotatable bonds is 5. The maximum Gasteiger partial charge on any atom is 0.277 e. The minimum Gasteiger partial charge on any atom is -0.367 e. The number of amides is 1. The Balaban J connectivity index is 1.49. The van der Waals surface area contributed by atoms with E-state index in [1.807, 2.05) is 48.5 Å². The number of anilines is 2. The maximum atomic E-state index is 12.7. The first-order valence-corrected chi connectivity index (χ1v) is 9.60. The van der Waals surface area contributed by atoms with E-state index in [0.717, 1.165) is 49.8 Å². The van der Waals surface area contributed by atoms with Crippen molar-refractivity contribution in [2.75, 3.05) is 42.9 Å². The Labute approximate surface area is 164 Å². The Hall–Kier alpha value is -3.19. The van der Waals surface area contributed by atoms with Gasteiger partial charge in [-0.25, -0.2) is 0 Å². The molecule has 3 aromatic rings. The third-order valence-corrected chi connectivity index (χ3v) is 5.02. The molecule has 1 saturated heterocycles. The second-order valence-electron chi connectivity index (χ2n) is 6.75. The number of benzene rings is 2. The Kier molecular flexibility index (Phi) is 5.34. The van der Waals surface area contributed by atoms with Crippen molar-refractivity contribution >= 4 is 17.3 Å². The molecular formula is C21H24N6O. The van der Waals surface area contributed by atoms with E-state index in [9.17, 15) is 4.79 Å². The van der Waals surface area contributed by atoms with Crippen molar-refractivity contribution < 1.29 is 4.79 Å². The second-order valence-corrected chi connectivity index (χ2v) is 6.75. The van der Waals surface area contributed by atoms with Crippen molar-refractivity contribution in [3.05, 3.63) is 66.5 Å². The van der Waals surface area contributed by atoms with Gasteiger partial charge in [0.2, 0.25) is 0 Å². The summed E-state index contributed by atoms with van der Waals surface area (Å²) in [5, 5.41) is 11.5. The summed E-state index contributed by atoms with van der Waals surface area (Å²) in [6.07, 6.45) is 1.49. The van der Waals surface area contributed by atoms with Gasteiger partial charge in [-0.1, -0.05) is 37.3 Å². The molecule has 1 N–H and O–H groups in total. The normalized spacial score (nSPS) is 14.8. The zero-order valence-corrected chi connectivity index (χ0v) is 16.0. The summed E-state index contributed by atoms with van der Waals surface area (Å²) in [5.41, 5.74) is 2.94. The molecule has 0 saturated carbocycles. The highest BCUT2D eigenvalue weighted by Gasteiger charge is 2.20. The van der Waals surface area contributed by atoms with Crippen LogP contribution in [0.5, 0.6) is 0 Å². The molecule has 0 bridgehead atoms. The quantitative estimate of drug-likeness (QED) is 0.742. The van der Waals surface area contributed by atoms with E-state index in [0.29, 0.717) is 0 Å². The summed E-state index contributed by atoms with van der Waals surface area (Å²) < 4.78 is 0. The predicted molar refractivity (Wildman–Crippen MR) is 110 cm³/mol. The van der Waals surface area contributed by atoms with Crippen molar-refractivity contribution in [2.24, 2.45) is 0 Å². The van der Waals surface area contributed by atoms with Crippen LogP contribution in [0.2, 0.25) is 0 Å². The molecule has 7 nitrogen and oxygen atoms in total. The Bertz CT molecular complexity index is 931. The number of carbonyl (C=O) groups excluding carboxylic acids is 1. The van der Waals surface area contributed by atoms with Gasteiger partial charge in [0.1, 0.15) is 0 Å². The van der Waals surface area contributed by atoms with Crippen LogP contribution in [0.3, 0.4) is 0 Å². The van der Waals surface area contributed by atoms with Crippen LogP contribution in [0.25, 0.3) is 5.69 Å². The number of nitrogens with zero attached hydrogens (tertiary/aromatic N) is 5. The molecule has 0 radical (unpaired) electrons. The predicted octanol–water partition coefficient (Wildman–Crippen LogP) is 2.66. The zero-order chi connectivity index (χ0) is 19.3. The number of carbonyl (C=O) groups is 1. The van der Waals surface area contributed by atoms with E-state index in [1.165, 1.54) is 11.0 Å². The molecule has 1 fully saturated rings. The van der Waals surface area contributed by atoms with Crippen LogP contribution in [0, 0.1) is 0 Å². The molecule has 0 spiro atoms. The average molecular weight is 376 g/mol. The SMILES string of the molecule is CCN1CCN(c2ccccc2NC(=O)c2cnn(-c3ccccc3)n2)CC1. The molecule has 4 rings (SSSR count). The van der Waals surface area contributed by atoms with E-state index in [1.54, 1.807) is 0 Å². The van der Waals surface area contributed by atoms with Crippen LogP contribution in [-0.2, 0) is 0 Å². The van der Waals surface area contributed by atoms with Gasteiger partial charge in [0.25, 0.3) is 5.91 Å². The van der Waals surface area contributed by atoms with Gasteiger partial charge in [-0.2, -0.15) is 9.90 Å². The smallest absolute Gasteiger partial charge is 0.277 e. The largest absolute Gasteiger partial charge is 0.367 e. The number of para-hydroxylation sites is 3. The van der Waals surface area contributed by atoms with E-state index in [-0.39, 0.29) is 11.6 Å². The highest BCUT2D eigenvalue weighted by Crippen LogP contribution is 2.27. The third kappa shape index (κ3) is 3.89. The number of aromatic nitrogens is 3. The fraction of sp³-hybridized carbons (Fsp3) is 0.286. The summed E-state index contributed by atoms with van der Waals surface area (Å²) >= 11 is 0. The summed E-state index contributed by atoms with van der Waals surface area (Å²) in [7, 11) is 0. The summed E-state index contributed by atoms with van der Waals surface area (Å²) in [5.74, 6) is -0.262. The van der Waals surface area contributed by atoms with Crippen LogP contribution in [0.15, 0.2) is 60.8 Å². The van der Waals surface area contributed by atoms with E-state index in [4.69, 9.17) is 0 Å². The Morgan fingerprint density at radius 1 is 1.00 bits per heavy atom. The van der Waals surface area contributed by atoms with E-state index < -0.39 is 0 Å². The number of likely N-dealkylation sites (N-methyl/N-ethyl adjacent to an activating group) is 1. The molecule has 0 unspecified atom stereocenters. The lowest BCUT2D eigenvalue weighted by atomic mass is 10.2. The molecule has 0 atom stereocenters.